The van der Waals surface area contributed by atoms with Crippen LogP contribution in [0.15, 0.2) is 24.3 Å². The molecule has 4 atom stereocenters. The van der Waals surface area contributed by atoms with Crippen molar-refractivity contribution in [2.45, 2.75) is 69.6 Å². The van der Waals surface area contributed by atoms with Crippen LogP contribution in [0.2, 0.25) is 0 Å². The largest absolute Gasteiger partial charge is 0.337 e. The minimum Gasteiger partial charge on any atom is -0.337 e. The summed E-state index contributed by atoms with van der Waals surface area (Å²) >= 11 is 0. The summed E-state index contributed by atoms with van der Waals surface area (Å²) in [6, 6.07) is 10.3. The summed E-state index contributed by atoms with van der Waals surface area (Å²) in [7, 11) is 0. The number of fused-ring (bicyclic) bond motifs is 5. The fourth-order valence-electron chi connectivity index (χ4n) is 5.73. The molecule has 0 spiro atoms. The van der Waals surface area contributed by atoms with Crippen molar-refractivity contribution in [3.63, 3.8) is 0 Å². The van der Waals surface area contributed by atoms with Gasteiger partial charge in [0.05, 0.1) is 0 Å². The highest BCUT2D eigenvalue weighted by atomic mass is 16.2. The SMILES string of the molecule is CCC1CC(C(=O)N2C[C@H]3CC[C@@H]2CN(C2Cc4ccccc4C2)C3)NN1. The van der Waals surface area contributed by atoms with Crippen molar-refractivity contribution in [1.29, 1.82) is 0 Å². The van der Waals surface area contributed by atoms with E-state index in [-0.39, 0.29) is 6.04 Å². The predicted molar refractivity (Wildman–Crippen MR) is 106 cm³/mol. The number of piperidine rings is 1. The van der Waals surface area contributed by atoms with Gasteiger partial charge in [0, 0.05) is 37.8 Å². The van der Waals surface area contributed by atoms with Crippen LogP contribution in [0, 0.1) is 5.92 Å². The molecule has 1 aromatic carbocycles. The summed E-state index contributed by atoms with van der Waals surface area (Å²) in [6.45, 7) is 5.34. The van der Waals surface area contributed by atoms with E-state index in [0.29, 0.717) is 30.0 Å². The van der Waals surface area contributed by atoms with E-state index in [4.69, 9.17) is 0 Å². The van der Waals surface area contributed by atoms with Gasteiger partial charge in [0.2, 0.25) is 5.91 Å². The summed E-state index contributed by atoms with van der Waals surface area (Å²) < 4.78 is 0. The molecule has 5 aliphatic rings. The monoisotopic (exact) mass is 368 g/mol. The predicted octanol–water partition coefficient (Wildman–Crippen LogP) is 1.72. The van der Waals surface area contributed by atoms with Gasteiger partial charge in [-0.1, -0.05) is 31.2 Å². The number of hydrazine groups is 1. The van der Waals surface area contributed by atoms with Crippen LogP contribution in [0.5, 0.6) is 0 Å². The molecular weight excluding hydrogens is 336 g/mol. The molecule has 2 bridgehead atoms. The van der Waals surface area contributed by atoms with Crippen LogP contribution in [-0.4, -0.2) is 59.5 Å². The van der Waals surface area contributed by atoms with Crippen LogP contribution in [-0.2, 0) is 17.6 Å². The zero-order chi connectivity index (χ0) is 18.4. The first-order valence-electron chi connectivity index (χ1n) is 10.8. The van der Waals surface area contributed by atoms with Crippen LogP contribution in [0.4, 0.5) is 0 Å². The number of benzene rings is 1. The number of amides is 1. The lowest BCUT2D eigenvalue weighted by atomic mass is 9.94. The van der Waals surface area contributed by atoms with Crippen LogP contribution in [0.1, 0.15) is 43.7 Å². The number of nitrogens with zero attached hydrogens (tertiary/aromatic N) is 2. The van der Waals surface area contributed by atoms with Crippen molar-refractivity contribution in [1.82, 2.24) is 20.7 Å². The van der Waals surface area contributed by atoms with Gasteiger partial charge in [-0.2, -0.15) is 0 Å². The number of carbonyl (C=O) groups is 1. The Kier molecular flexibility index (Phi) is 4.70. The lowest BCUT2D eigenvalue weighted by molar-refractivity contribution is -0.137. The quantitative estimate of drug-likeness (QED) is 0.853. The zero-order valence-electron chi connectivity index (χ0n) is 16.4. The highest BCUT2D eigenvalue weighted by Gasteiger charge is 2.42. The van der Waals surface area contributed by atoms with Gasteiger partial charge in [-0.05, 0) is 55.6 Å². The van der Waals surface area contributed by atoms with Gasteiger partial charge in [0.15, 0.2) is 0 Å². The maximum absolute atomic E-state index is 13.2. The Morgan fingerprint density at radius 3 is 2.52 bits per heavy atom. The number of carbonyl (C=O) groups excluding carboxylic acids is 1. The normalized spacial score (nSPS) is 34.0. The topological polar surface area (TPSA) is 47.6 Å². The van der Waals surface area contributed by atoms with Crippen LogP contribution in [0.25, 0.3) is 0 Å². The van der Waals surface area contributed by atoms with Gasteiger partial charge in [0.1, 0.15) is 6.04 Å². The van der Waals surface area contributed by atoms with Crippen molar-refractivity contribution >= 4 is 5.91 Å². The molecule has 146 valence electrons. The molecule has 4 aliphatic heterocycles. The molecule has 0 aromatic heterocycles. The van der Waals surface area contributed by atoms with Crippen molar-refractivity contribution < 1.29 is 4.79 Å². The maximum atomic E-state index is 13.2. The van der Waals surface area contributed by atoms with Crippen LogP contribution in [0.3, 0.4) is 0 Å². The molecule has 0 saturated carbocycles. The molecule has 5 heteroatoms. The van der Waals surface area contributed by atoms with Gasteiger partial charge in [0.25, 0.3) is 0 Å². The fraction of sp³-hybridized carbons (Fsp3) is 0.682. The number of hydrogen-bond acceptors (Lipinski definition) is 4. The molecule has 1 amide bonds. The molecule has 1 aromatic rings. The number of rotatable bonds is 3. The fourth-order valence-corrected chi connectivity index (χ4v) is 5.73. The zero-order valence-corrected chi connectivity index (χ0v) is 16.4. The molecule has 2 unspecified atom stereocenters. The minimum absolute atomic E-state index is 0.0431. The smallest absolute Gasteiger partial charge is 0.241 e. The van der Waals surface area contributed by atoms with E-state index >= 15 is 0 Å². The third-order valence-electron chi connectivity index (χ3n) is 7.34. The lowest BCUT2D eigenvalue weighted by Gasteiger charge is -2.37. The van der Waals surface area contributed by atoms with E-state index in [1.54, 1.807) is 0 Å². The Balaban J connectivity index is 1.28. The van der Waals surface area contributed by atoms with Gasteiger partial charge in [-0.15, -0.1) is 0 Å². The van der Waals surface area contributed by atoms with Gasteiger partial charge in [-0.3, -0.25) is 15.1 Å². The Morgan fingerprint density at radius 1 is 1.04 bits per heavy atom. The van der Waals surface area contributed by atoms with Crippen molar-refractivity contribution in [2.24, 2.45) is 5.92 Å². The molecule has 5 nitrogen and oxygen atoms in total. The van der Waals surface area contributed by atoms with Crippen LogP contribution >= 0.6 is 0 Å². The summed E-state index contributed by atoms with van der Waals surface area (Å²) in [4.78, 5) is 18.2. The van der Waals surface area contributed by atoms with E-state index in [9.17, 15) is 4.79 Å². The number of nitrogens with one attached hydrogen (secondary N) is 2. The highest BCUT2D eigenvalue weighted by Crippen LogP contribution is 2.33. The third kappa shape index (κ3) is 3.30. The first-order chi connectivity index (χ1) is 13.2. The first kappa shape index (κ1) is 17.7. The van der Waals surface area contributed by atoms with Gasteiger partial charge in [-0.25, -0.2) is 5.43 Å². The van der Waals surface area contributed by atoms with Crippen molar-refractivity contribution in [3.05, 3.63) is 35.4 Å². The average Bonchev–Trinajstić information content (AvgIpc) is 3.25. The summed E-state index contributed by atoms with van der Waals surface area (Å²) in [5.74, 6) is 0.956. The number of hydrogen-bond donors (Lipinski definition) is 2. The van der Waals surface area contributed by atoms with Crippen molar-refractivity contribution in [3.8, 4) is 0 Å². The second-order valence-electron chi connectivity index (χ2n) is 9.05. The molecular formula is C22H32N4O. The Labute approximate surface area is 162 Å². The lowest BCUT2D eigenvalue weighted by Crippen LogP contribution is -2.54. The second kappa shape index (κ2) is 7.19. The summed E-state index contributed by atoms with van der Waals surface area (Å²) in [5, 5.41) is 0. The van der Waals surface area contributed by atoms with Crippen LogP contribution < -0.4 is 10.9 Å². The first-order valence-corrected chi connectivity index (χ1v) is 10.8. The molecule has 4 saturated heterocycles. The van der Waals surface area contributed by atoms with E-state index in [1.165, 1.54) is 36.8 Å². The molecule has 4 fully saturated rings. The standard InChI is InChI=1S/C22H32N4O/c1-2-18-11-21(24-23-18)22(27)26-13-15-7-8-19(26)14-25(12-15)20-9-16-5-3-4-6-17(16)10-20/h3-6,15,18-21,23-24H,2,7-14H2,1H3/t15-,18?,19+,21?/m0/s1. The average molecular weight is 369 g/mol. The van der Waals surface area contributed by atoms with Crippen molar-refractivity contribution in [2.75, 3.05) is 19.6 Å². The van der Waals surface area contributed by atoms with Gasteiger partial charge >= 0.3 is 0 Å². The molecule has 1 aliphatic carbocycles. The summed E-state index contributed by atoms with van der Waals surface area (Å²) in [6.07, 6.45) is 6.79. The molecule has 0 radical (unpaired) electrons. The third-order valence-corrected chi connectivity index (χ3v) is 7.34. The molecule has 27 heavy (non-hydrogen) atoms. The molecule has 2 N–H and O–H groups in total. The van der Waals surface area contributed by atoms with E-state index in [0.717, 1.165) is 32.5 Å². The van der Waals surface area contributed by atoms with E-state index in [1.807, 2.05) is 0 Å². The highest BCUT2D eigenvalue weighted by molar-refractivity contribution is 5.82. The Bertz CT molecular complexity index is 682. The molecule has 6 rings (SSSR count). The summed E-state index contributed by atoms with van der Waals surface area (Å²) in [5.41, 5.74) is 9.60. The maximum Gasteiger partial charge on any atom is 0.241 e. The van der Waals surface area contributed by atoms with Gasteiger partial charge < -0.3 is 4.90 Å². The Morgan fingerprint density at radius 2 is 1.81 bits per heavy atom. The van der Waals surface area contributed by atoms with E-state index < -0.39 is 0 Å². The molecule has 4 heterocycles. The Hall–Kier alpha value is -1.43. The second-order valence-corrected chi connectivity index (χ2v) is 9.05. The van der Waals surface area contributed by atoms with E-state index in [2.05, 4.69) is 51.8 Å². The minimum atomic E-state index is -0.0431.